The smallest absolute Gasteiger partial charge is 0.271 e. The number of aliphatic hydroxyl groups excluding tert-OH is 1. The minimum Gasteiger partial charge on any atom is -0.394 e. The van der Waals surface area contributed by atoms with Gasteiger partial charge < -0.3 is 19.3 Å². The van der Waals surface area contributed by atoms with Crippen molar-refractivity contribution in [3.05, 3.63) is 95.4 Å². The van der Waals surface area contributed by atoms with Crippen LogP contribution in [0.5, 0.6) is 0 Å². The lowest BCUT2D eigenvalue weighted by molar-refractivity contribution is -0.0242. The van der Waals surface area contributed by atoms with E-state index in [2.05, 4.69) is 30.0 Å². The van der Waals surface area contributed by atoms with Gasteiger partial charge in [-0.05, 0) is 48.9 Å². The van der Waals surface area contributed by atoms with Gasteiger partial charge in [0.25, 0.3) is 5.91 Å². The van der Waals surface area contributed by atoms with Crippen molar-refractivity contribution in [2.75, 3.05) is 26.7 Å². The molecule has 210 valence electrons. The van der Waals surface area contributed by atoms with E-state index < -0.39 is 0 Å². The number of amides is 1. The molecule has 0 unspecified atom stereocenters. The van der Waals surface area contributed by atoms with Crippen molar-refractivity contribution >= 4 is 16.8 Å². The second-order valence-electron chi connectivity index (χ2n) is 11.1. The highest BCUT2D eigenvalue weighted by atomic mass is 19.1. The number of carbonyl (C=O) groups is 1. The zero-order chi connectivity index (χ0) is 28.4. The maximum absolute atomic E-state index is 14.4. The Balaban J connectivity index is 1.56. The summed E-state index contributed by atoms with van der Waals surface area (Å²) < 4.78 is 22.1. The van der Waals surface area contributed by atoms with Gasteiger partial charge in [0.05, 0.1) is 25.4 Å². The number of halogens is 1. The molecule has 1 aliphatic heterocycles. The number of fused-ring (bicyclic) bond motifs is 5. The van der Waals surface area contributed by atoms with Gasteiger partial charge in [0.2, 0.25) is 0 Å². The fourth-order valence-corrected chi connectivity index (χ4v) is 5.80. The summed E-state index contributed by atoms with van der Waals surface area (Å²) in [6.45, 7) is 5.98. The summed E-state index contributed by atoms with van der Waals surface area (Å²) >= 11 is 0. The molecule has 1 N–H and O–H groups in total. The summed E-state index contributed by atoms with van der Waals surface area (Å²) in [5.74, 6) is -0.365. The molecular weight excluding hydrogens is 505 g/mol. The molecule has 7 heteroatoms. The molecule has 5 rings (SSSR count). The van der Waals surface area contributed by atoms with E-state index >= 15 is 0 Å². The first kappa shape index (κ1) is 28.0. The van der Waals surface area contributed by atoms with Gasteiger partial charge in [-0.15, -0.1) is 0 Å². The van der Waals surface area contributed by atoms with Crippen molar-refractivity contribution in [1.82, 2.24) is 14.4 Å². The number of benzene rings is 3. The second kappa shape index (κ2) is 11.9. The minimum atomic E-state index is -0.366. The first-order valence-corrected chi connectivity index (χ1v) is 13.9. The fraction of sp³-hybridized carbons (Fsp3) is 0.364. The number of aryl methyl sites for hydroxylation is 1. The van der Waals surface area contributed by atoms with E-state index in [9.17, 15) is 14.3 Å². The van der Waals surface area contributed by atoms with E-state index in [4.69, 9.17) is 4.74 Å². The van der Waals surface area contributed by atoms with E-state index in [0.29, 0.717) is 31.9 Å². The van der Waals surface area contributed by atoms with Crippen LogP contribution in [0.15, 0.2) is 72.8 Å². The number of nitrogens with zero attached hydrogens (tertiary/aromatic N) is 3. The molecule has 4 aromatic rings. The number of aromatic nitrogens is 1. The number of aliphatic hydroxyl groups is 1. The number of rotatable bonds is 6. The molecule has 3 atom stereocenters. The molecule has 40 heavy (non-hydrogen) atoms. The largest absolute Gasteiger partial charge is 0.394 e. The van der Waals surface area contributed by atoms with Crippen molar-refractivity contribution in [3.8, 4) is 11.1 Å². The molecule has 1 aliphatic rings. The topological polar surface area (TPSA) is 57.9 Å². The molecule has 0 spiro atoms. The van der Waals surface area contributed by atoms with E-state index in [1.165, 1.54) is 12.1 Å². The van der Waals surface area contributed by atoms with Gasteiger partial charge in [-0.3, -0.25) is 9.69 Å². The Labute approximate surface area is 235 Å². The molecule has 1 aromatic heterocycles. The summed E-state index contributed by atoms with van der Waals surface area (Å²) in [6, 6.07) is 22.4. The lowest BCUT2D eigenvalue weighted by Crippen LogP contribution is -2.47. The maximum atomic E-state index is 14.4. The average molecular weight is 544 g/mol. The highest BCUT2D eigenvalue weighted by Gasteiger charge is 2.33. The maximum Gasteiger partial charge on any atom is 0.271 e. The molecule has 0 radical (unpaired) electrons. The summed E-state index contributed by atoms with van der Waals surface area (Å²) in [4.78, 5) is 18.4. The number of hydrogen-bond acceptors (Lipinski definition) is 4. The minimum absolute atomic E-state index is 0.0167. The van der Waals surface area contributed by atoms with E-state index in [-0.39, 0.29) is 36.4 Å². The first-order chi connectivity index (χ1) is 19.3. The van der Waals surface area contributed by atoms with Gasteiger partial charge >= 0.3 is 0 Å². The third-order valence-electron chi connectivity index (χ3n) is 8.08. The number of carbonyl (C=O) groups excluding carboxylic acids is 1. The molecule has 0 saturated heterocycles. The Morgan fingerprint density at radius 3 is 2.52 bits per heavy atom. The monoisotopic (exact) mass is 543 g/mol. The van der Waals surface area contributed by atoms with Crippen LogP contribution in [0.4, 0.5) is 4.39 Å². The van der Waals surface area contributed by atoms with Crippen LogP contribution >= 0.6 is 0 Å². The molecule has 0 fully saturated rings. The second-order valence-corrected chi connectivity index (χ2v) is 11.1. The summed E-state index contributed by atoms with van der Waals surface area (Å²) in [7, 11) is 3.97. The van der Waals surface area contributed by atoms with Crippen LogP contribution in [0.2, 0.25) is 0 Å². The fourth-order valence-electron chi connectivity index (χ4n) is 5.80. The highest BCUT2D eigenvalue weighted by molar-refractivity contribution is 6.10. The summed E-state index contributed by atoms with van der Waals surface area (Å²) in [5.41, 5.74) is 5.53. The van der Waals surface area contributed by atoms with Crippen LogP contribution in [0.25, 0.3) is 22.0 Å². The Hall–Kier alpha value is -3.52. The van der Waals surface area contributed by atoms with Gasteiger partial charge in [0.1, 0.15) is 11.5 Å². The van der Waals surface area contributed by atoms with Crippen molar-refractivity contribution in [3.63, 3.8) is 0 Å². The van der Waals surface area contributed by atoms with Crippen molar-refractivity contribution in [2.24, 2.45) is 13.0 Å². The lowest BCUT2D eigenvalue weighted by Gasteiger charge is -2.35. The first-order valence-electron chi connectivity index (χ1n) is 13.9. The van der Waals surface area contributed by atoms with Gasteiger partial charge in [-0.1, -0.05) is 61.5 Å². The number of ether oxygens (including phenoxy) is 1. The molecule has 6 nitrogen and oxygen atoms in total. The standard InChI is InChI=1S/C33H38FN3O3/c1-22-17-37(23(2)20-38)33(39)32-31(28-11-7-8-12-29(28)36(32)4)27-10-6-5-9-25(27)21-40-30(22)19-35(3)18-24-13-15-26(34)16-14-24/h5-16,22-23,30,38H,17-21H2,1-4H3/t22-,23-,30-/m1/s1. The SMILES string of the molecule is C[C@@H]1CN([C@H](C)CO)C(=O)c2c(c3ccccc3n2C)-c2ccccc2CO[C@@H]1CN(C)Cc1ccc(F)cc1. The Morgan fingerprint density at radius 2 is 1.77 bits per heavy atom. The van der Waals surface area contributed by atoms with Gasteiger partial charge in [-0.2, -0.15) is 0 Å². The summed E-state index contributed by atoms with van der Waals surface area (Å²) in [6.07, 6.45) is -0.183. The third-order valence-corrected chi connectivity index (χ3v) is 8.08. The predicted octanol–water partition coefficient (Wildman–Crippen LogP) is 5.47. The normalized spacial score (nSPS) is 18.9. The van der Waals surface area contributed by atoms with Crippen molar-refractivity contribution in [1.29, 1.82) is 0 Å². The van der Waals surface area contributed by atoms with E-state index in [0.717, 1.165) is 33.2 Å². The Morgan fingerprint density at radius 1 is 1.07 bits per heavy atom. The van der Waals surface area contributed by atoms with Crippen molar-refractivity contribution in [2.45, 2.75) is 39.1 Å². The third kappa shape index (κ3) is 5.55. The highest BCUT2D eigenvalue weighted by Crippen LogP contribution is 2.38. The van der Waals surface area contributed by atoms with Crippen LogP contribution in [-0.2, 0) is 24.9 Å². The number of para-hydroxylation sites is 1. The molecule has 2 heterocycles. The zero-order valence-corrected chi connectivity index (χ0v) is 23.7. The molecule has 1 amide bonds. The zero-order valence-electron chi connectivity index (χ0n) is 23.7. The van der Waals surface area contributed by atoms with E-state index in [1.54, 1.807) is 17.0 Å². The van der Waals surface area contributed by atoms with E-state index in [1.807, 2.05) is 55.9 Å². The van der Waals surface area contributed by atoms with Gasteiger partial charge in [0, 0.05) is 49.1 Å². The molecule has 0 bridgehead atoms. The van der Waals surface area contributed by atoms with Crippen LogP contribution in [0.3, 0.4) is 0 Å². The van der Waals surface area contributed by atoms with Crippen LogP contribution < -0.4 is 0 Å². The predicted molar refractivity (Wildman–Crippen MR) is 156 cm³/mol. The molecule has 3 aromatic carbocycles. The van der Waals surface area contributed by atoms with Gasteiger partial charge in [-0.25, -0.2) is 4.39 Å². The average Bonchev–Trinajstić information content (AvgIpc) is 3.25. The van der Waals surface area contributed by atoms with Crippen LogP contribution in [-0.4, -0.2) is 64.3 Å². The number of likely N-dealkylation sites (N-methyl/N-ethyl adjacent to an activating group) is 1. The van der Waals surface area contributed by atoms with Gasteiger partial charge in [0.15, 0.2) is 0 Å². The van der Waals surface area contributed by atoms with Crippen LogP contribution in [0.1, 0.15) is 35.5 Å². The molecule has 0 aliphatic carbocycles. The lowest BCUT2D eigenvalue weighted by atomic mass is 9.96. The quantitative estimate of drug-likeness (QED) is 0.350. The Bertz CT molecular complexity index is 1480. The molecular formula is C33H38FN3O3. The number of hydrogen-bond donors (Lipinski definition) is 1. The Kier molecular flexibility index (Phi) is 8.35. The van der Waals surface area contributed by atoms with Crippen LogP contribution in [0, 0.1) is 11.7 Å². The van der Waals surface area contributed by atoms with Crippen molar-refractivity contribution < 1.29 is 19.0 Å². The summed E-state index contributed by atoms with van der Waals surface area (Å²) in [5, 5.41) is 11.2. The molecule has 0 saturated carbocycles.